The average Bonchev–Trinajstić information content (AvgIpc) is 2.90. The molecule has 37 heavy (non-hydrogen) atoms. The van der Waals surface area contributed by atoms with E-state index < -0.39 is 0 Å². The van der Waals surface area contributed by atoms with Crippen LogP contribution in [0.1, 0.15) is 168 Å². The minimum atomic E-state index is -0.250. The first-order valence-corrected chi connectivity index (χ1v) is 16.5. The second kappa shape index (κ2) is 25.4. The number of carbonyl (C=O) groups is 1. The van der Waals surface area contributed by atoms with E-state index in [9.17, 15) is 4.79 Å². The third kappa shape index (κ3) is 21.8. The summed E-state index contributed by atoms with van der Waals surface area (Å²) in [5.41, 5.74) is 0.493. The average molecular weight is 521 g/mol. The Hall–Kier alpha value is -0.830. The lowest BCUT2D eigenvalue weighted by Crippen LogP contribution is -2.23. The highest BCUT2D eigenvalue weighted by atomic mass is 16.5. The van der Waals surface area contributed by atoms with Gasteiger partial charge in [-0.2, -0.15) is 0 Å². The van der Waals surface area contributed by atoms with Crippen molar-refractivity contribution in [3.05, 3.63) is 12.2 Å². The van der Waals surface area contributed by atoms with Crippen molar-refractivity contribution in [1.29, 1.82) is 0 Å². The van der Waals surface area contributed by atoms with Crippen LogP contribution in [0, 0.1) is 11.8 Å². The maximum Gasteiger partial charge on any atom is 0.333 e. The zero-order valence-electron chi connectivity index (χ0n) is 25.2. The van der Waals surface area contributed by atoms with Gasteiger partial charge in [0.25, 0.3) is 0 Å². The van der Waals surface area contributed by atoms with Gasteiger partial charge < -0.3 is 9.47 Å². The van der Waals surface area contributed by atoms with Gasteiger partial charge in [0, 0.05) is 18.8 Å². The first-order chi connectivity index (χ1) is 18.1. The molecule has 0 unspecified atom stereocenters. The number of hydrogen-bond acceptors (Lipinski definition) is 3. The summed E-state index contributed by atoms with van der Waals surface area (Å²) in [6, 6.07) is 0. The first kappa shape index (κ1) is 34.2. The zero-order valence-corrected chi connectivity index (χ0v) is 25.2. The quantitative estimate of drug-likeness (QED) is 0.0646. The molecule has 0 heterocycles. The van der Waals surface area contributed by atoms with Crippen LogP contribution in [0.3, 0.4) is 0 Å². The van der Waals surface area contributed by atoms with Crippen molar-refractivity contribution < 1.29 is 14.3 Å². The van der Waals surface area contributed by atoms with E-state index in [2.05, 4.69) is 13.5 Å². The van der Waals surface area contributed by atoms with Gasteiger partial charge in [0.1, 0.15) is 0 Å². The molecule has 1 aliphatic rings. The van der Waals surface area contributed by atoms with Gasteiger partial charge in [-0.25, -0.2) is 4.79 Å². The van der Waals surface area contributed by atoms with Crippen molar-refractivity contribution in [2.45, 2.75) is 168 Å². The van der Waals surface area contributed by atoms with Crippen LogP contribution in [0.4, 0.5) is 0 Å². The lowest BCUT2D eigenvalue weighted by atomic mass is 9.83. The summed E-state index contributed by atoms with van der Waals surface area (Å²) in [5.74, 6) is 0.961. The molecule has 0 bridgehead atoms. The molecule has 1 rings (SSSR count). The van der Waals surface area contributed by atoms with Gasteiger partial charge in [0.05, 0.1) is 6.61 Å². The second-order valence-electron chi connectivity index (χ2n) is 12.1. The fourth-order valence-electron chi connectivity index (χ4n) is 5.59. The van der Waals surface area contributed by atoms with Crippen molar-refractivity contribution in [2.24, 2.45) is 11.8 Å². The Balaban J connectivity index is 1.73. The number of ether oxygens (including phenoxy) is 2. The molecule has 1 aliphatic carbocycles. The molecule has 218 valence electrons. The van der Waals surface area contributed by atoms with Crippen LogP contribution in [-0.4, -0.2) is 25.8 Å². The van der Waals surface area contributed by atoms with Crippen LogP contribution in [0.2, 0.25) is 0 Å². The Morgan fingerprint density at radius 3 is 1.32 bits per heavy atom. The van der Waals surface area contributed by atoms with Crippen LogP contribution in [-0.2, 0) is 14.3 Å². The Labute approximate surface area is 231 Å². The molecule has 0 aromatic carbocycles. The van der Waals surface area contributed by atoms with Crippen LogP contribution < -0.4 is 0 Å². The van der Waals surface area contributed by atoms with Crippen molar-refractivity contribution in [2.75, 3.05) is 19.8 Å². The molecular weight excluding hydrogens is 456 g/mol. The largest absolute Gasteiger partial charge is 0.462 e. The minimum Gasteiger partial charge on any atom is -0.462 e. The molecule has 3 heteroatoms. The van der Waals surface area contributed by atoms with Gasteiger partial charge in [-0.1, -0.05) is 135 Å². The number of carbonyl (C=O) groups excluding carboxylic acids is 1. The van der Waals surface area contributed by atoms with Crippen molar-refractivity contribution in [3.8, 4) is 0 Å². The molecule has 0 spiro atoms. The van der Waals surface area contributed by atoms with Gasteiger partial charge in [-0.05, 0) is 50.9 Å². The number of esters is 1. The van der Waals surface area contributed by atoms with Gasteiger partial charge >= 0.3 is 5.97 Å². The molecule has 0 aromatic heterocycles. The van der Waals surface area contributed by atoms with Crippen LogP contribution >= 0.6 is 0 Å². The van der Waals surface area contributed by atoms with E-state index >= 15 is 0 Å². The molecule has 1 saturated carbocycles. The summed E-state index contributed by atoms with van der Waals surface area (Å²) in [6.45, 7) is 10.0. The highest BCUT2D eigenvalue weighted by molar-refractivity contribution is 5.86. The molecule has 0 radical (unpaired) electrons. The molecule has 0 amide bonds. The molecule has 0 N–H and O–H groups in total. The lowest BCUT2D eigenvalue weighted by molar-refractivity contribution is -0.140. The Morgan fingerprint density at radius 1 is 0.595 bits per heavy atom. The van der Waals surface area contributed by atoms with E-state index in [0.717, 1.165) is 26.1 Å². The minimum absolute atomic E-state index is 0.250. The molecule has 0 aromatic rings. The predicted molar refractivity (Wildman–Crippen MR) is 160 cm³/mol. The Kier molecular flexibility index (Phi) is 23.5. The summed E-state index contributed by atoms with van der Waals surface area (Å²) in [5, 5.41) is 0. The van der Waals surface area contributed by atoms with Crippen molar-refractivity contribution in [1.82, 2.24) is 0 Å². The van der Waals surface area contributed by atoms with E-state index in [4.69, 9.17) is 9.47 Å². The maximum absolute atomic E-state index is 11.5. The summed E-state index contributed by atoms with van der Waals surface area (Å²) >= 11 is 0. The normalized spacial score (nSPS) is 17.7. The predicted octanol–water partition coefficient (Wildman–Crippen LogP) is 10.8. The molecule has 1 fully saturated rings. The highest BCUT2D eigenvalue weighted by Gasteiger charge is 2.22. The van der Waals surface area contributed by atoms with E-state index in [1.807, 2.05) is 0 Å². The zero-order chi connectivity index (χ0) is 26.8. The number of unbranched alkanes of at least 4 members (excludes halogenated alkanes) is 19. The summed E-state index contributed by atoms with van der Waals surface area (Å²) in [4.78, 5) is 11.5. The van der Waals surface area contributed by atoms with Gasteiger partial charge in [-0.15, -0.1) is 0 Å². The topological polar surface area (TPSA) is 35.5 Å². The van der Waals surface area contributed by atoms with E-state index in [1.165, 1.54) is 141 Å². The van der Waals surface area contributed by atoms with Crippen LogP contribution in [0.15, 0.2) is 12.2 Å². The fourth-order valence-corrected chi connectivity index (χ4v) is 5.59. The van der Waals surface area contributed by atoms with Crippen molar-refractivity contribution >= 4 is 5.97 Å². The third-order valence-corrected chi connectivity index (χ3v) is 8.26. The monoisotopic (exact) mass is 520 g/mol. The third-order valence-electron chi connectivity index (χ3n) is 8.26. The number of rotatable bonds is 26. The molecular formula is C34H64O3. The summed E-state index contributed by atoms with van der Waals surface area (Å²) < 4.78 is 11.3. The van der Waals surface area contributed by atoms with Gasteiger partial charge in [0.2, 0.25) is 0 Å². The highest BCUT2D eigenvalue weighted by Crippen LogP contribution is 2.29. The smallest absolute Gasteiger partial charge is 0.333 e. The molecule has 3 nitrogen and oxygen atoms in total. The second-order valence-corrected chi connectivity index (χ2v) is 12.1. The van der Waals surface area contributed by atoms with Gasteiger partial charge in [-0.3, -0.25) is 0 Å². The Morgan fingerprint density at radius 2 is 0.946 bits per heavy atom. The van der Waals surface area contributed by atoms with Crippen molar-refractivity contribution in [3.63, 3.8) is 0 Å². The fraction of sp³-hybridized carbons (Fsp3) is 0.912. The van der Waals surface area contributed by atoms with Crippen LogP contribution in [0.5, 0.6) is 0 Å². The van der Waals surface area contributed by atoms with E-state index in [1.54, 1.807) is 6.92 Å². The van der Waals surface area contributed by atoms with E-state index in [0.29, 0.717) is 24.0 Å². The molecule has 0 saturated heterocycles. The Bertz CT molecular complexity index is 521. The molecule has 0 atom stereocenters. The van der Waals surface area contributed by atoms with Gasteiger partial charge in [0.15, 0.2) is 0 Å². The lowest BCUT2D eigenvalue weighted by Gasteiger charge is -2.28. The maximum atomic E-state index is 11.5. The standard InChI is InChI=1S/C34H64O3/c1-4-5-6-7-8-9-10-11-12-13-14-15-16-17-18-19-20-21-22-23-28-36-29-32-24-26-33(27-25-32)30-37-34(35)31(2)3/h32-33H,2,4-30H2,1,3H3. The van der Waals surface area contributed by atoms with E-state index in [-0.39, 0.29) is 5.97 Å². The number of hydrogen-bond donors (Lipinski definition) is 0. The summed E-state index contributed by atoms with van der Waals surface area (Å²) in [7, 11) is 0. The molecule has 0 aliphatic heterocycles. The summed E-state index contributed by atoms with van der Waals surface area (Å²) in [6.07, 6.45) is 33.2. The SMILES string of the molecule is C=C(C)C(=O)OCC1CCC(COCCCCCCCCCCCCCCCCCCCCCC)CC1. The first-order valence-electron chi connectivity index (χ1n) is 16.5. The van der Waals surface area contributed by atoms with Crippen LogP contribution in [0.25, 0.3) is 0 Å².